The number of thioether (sulfide) groups is 1. The third-order valence-corrected chi connectivity index (χ3v) is 5.52. The third-order valence-electron chi connectivity index (χ3n) is 3.04. The van der Waals surface area contributed by atoms with Crippen LogP contribution in [0.2, 0.25) is 5.02 Å². The van der Waals surface area contributed by atoms with E-state index in [1.54, 1.807) is 0 Å². The number of hydrogen-bond donors (Lipinski definition) is 1. The van der Waals surface area contributed by atoms with Gasteiger partial charge < -0.3 is 5.32 Å². The maximum Gasteiger partial charge on any atom is 0.0541 e. The van der Waals surface area contributed by atoms with Gasteiger partial charge in [0.2, 0.25) is 0 Å². The molecule has 0 spiro atoms. The largest absolute Gasteiger partial charge is 0.309 e. The quantitative estimate of drug-likeness (QED) is 0.670. The lowest BCUT2D eigenvalue weighted by Crippen LogP contribution is -2.23. The van der Waals surface area contributed by atoms with E-state index >= 15 is 0 Å². The molecule has 1 unspecified atom stereocenters. The minimum atomic E-state index is 0.390. The van der Waals surface area contributed by atoms with Crippen LogP contribution in [0.1, 0.15) is 29.8 Å². The number of rotatable bonds is 7. The van der Waals surface area contributed by atoms with Gasteiger partial charge >= 0.3 is 0 Å². The number of thiophene rings is 1. The summed E-state index contributed by atoms with van der Waals surface area (Å²) in [7, 11) is 0. The lowest BCUT2D eigenvalue weighted by atomic mass is 10.1. The standard InChI is InChI=1S/C16H20ClNS2/c1-3-8-18-15(13-9-12(2)19-10-13)11-20-16-7-5-4-6-14(16)17/h4-7,9-10,15,18H,3,8,11H2,1-2H3. The zero-order valence-corrected chi connectivity index (χ0v) is 14.2. The van der Waals surface area contributed by atoms with E-state index in [1.807, 2.05) is 41.3 Å². The van der Waals surface area contributed by atoms with Gasteiger partial charge in [0, 0.05) is 21.6 Å². The minimum absolute atomic E-state index is 0.390. The highest BCUT2D eigenvalue weighted by molar-refractivity contribution is 7.99. The Morgan fingerprint density at radius 3 is 2.80 bits per heavy atom. The Balaban J connectivity index is 2.03. The molecule has 0 fully saturated rings. The smallest absolute Gasteiger partial charge is 0.0541 e. The molecule has 20 heavy (non-hydrogen) atoms. The van der Waals surface area contributed by atoms with E-state index in [1.165, 1.54) is 10.4 Å². The molecule has 0 saturated heterocycles. The van der Waals surface area contributed by atoms with Crippen LogP contribution in [0.3, 0.4) is 0 Å². The summed E-state index contributed by atoms with van der Waals surface area (Å²) >= 11 is 9.86. The van der Waals surface area contributed by atoms with Crippen LogP contribution < -0.4 is 5.32 Å². The Morgan fingerprint density at radius 2 is 2.15 bits per heavy atom. The van der Waals surface area contributed by atoms with Crippen LogP contribution in [-0.2, 0) is 0 Å². The molecule has 1 nitrogen and oxygen atoms in total. The Bertz CT molecular complexity index is 539. The van der Waals surface area contributed by atoms with Crippen molar-refractivity contribution in [2.75, 3.05) is 12.3 Å². The molecule has 0 aliphatic rings. The van der Waals surface area contributed by atoms with E-state index in [-0.39, 0.29) is 0 Å². The Morgan fingerprint density at radius 1 is 1.35 bits per heavy atom. The second-order valence-electron chi connectivity index (χ2n) is 4.74. The molecule has 1 N–H and O–H groups in total. The van der Waals surface area contributed by atoms with E-state index in [9.17, 15) is 0 Å². The van der Waals surface area contributed by atoms with Crippen LogP contribution in [0.4, 0.5) is 0 Å². The summed E-state index contributed by atoms with van der Waals surface area (Å²) in [5.74, 6) is 1.000. The molecule has 2 rings (SSSR count). The van der Waals surface area contributed by atoms with Gasteiger partial charge in [0.05, 0.1) is 5.02 Å². The van der Waals surface area contributed by atoms with Crippen molar-refractivity contribution in [2.24, 2.45) is 0 Å². The van der Waals surface area contributed by atoms with Crippen LogP contribution in [0, 0.1) is 6.92 Å². The second kappa shape index (κ2) is 8.08. The van der Waals surface area contributed by atoms with Crippen molar-refractivity contribution in [3.63, 3.8) is 0 Å². The summed E-state index contributed by atoms with van der Waals surface area (Å²) in [5.41, 5.74) is 1.39. The van der Waals surface area contributed by atoms with E-state index in [2.05, 4.69) is 36.7 Å². The molecule has 2 aromatic rings. The predicted octanol–water partition coefficient (Wildman–Crippen LogP) is 5.54. The van der Waals surface area contributed by atoms with Crippen LogP contribution in [-0.4, -0.2) is 12.3 Å². The molecule has 0 bridgehead atoms. The van der Waals surface area contributed by atoms with Crippen LogP contribution in [0.5, 0.6) is 0 Å². The highest BCUT2D eigenvalue weighted by atomic mass is 35.5. The molecule has 0 saturated carbocycles. The number of halogens is 1. The average Bonchev–Trinajstić information content (AvgIpc) is 2.87. The van der Waals surface area contributed by atoms with E-state index in [4.69, 9.17) is 11.6 Å². The summed E-state index contributed by atoms with van der Waals surface area (Å²) in [4.78, 5) is 2.52. The van der Waals surface area contributed by atoms with E-state index < -0.39 is 0 Å². The van der Waals surface area contributed by atoms with Crippen molar-refractivity contribution in [3.05, 3.63) is 51.2 Å². The zero-order chi connectivity index (χ0) is 14.4. The van der Waals surface area contributed by atoms with Gasteiger partial charge in [-0.2, -0.15) is 0 Å². The topological polar surface area (TPSA) is 12.0 Å². The fraction of sp³-hybridized carbons (Fsp3) is 0.375. The molecular weight excluding hydrogens is 306 g/mol. The Kier molecular flexibility index (Phi) is 6.43. The van der Waals surface area contributed by atoms with Crippen molar-refractivity contribution in [2.45, 2.75) is 31.2 Å². The fourth-order valence-electron chi connectivity index (χ4n) is 1.97. The maximum atomic E-state index is 6.22. The molecule has 1 atom stereocenters. The molecule has 1 aromatic carbocycles. The minimum Gasteiger partial charge on any atom is -0.309 e. The molecule has 4 heteroatoms. The van der Waals surface area contributed by atoms with Crippen LogP contribution >= 0.6 is 34.7 Å². The van der Waals surface area contributed by atoms with Gasteiger partial charge in [-0.1, -0.05) is 30.7 Å². The Labute approximate surface area is 134 Å². The first-order chi connectivity index (χ1) is 9.70. The SMILES string of the molecule is CCCNC(CSc1ccccc1Cl)c1csc(C)c1. The van der Waals surface area contributed by atoms with Crippen molar-refractivity contribution in [1.82, 2.24) is 5.32 Å². The molecule has 1 heterocycles. The summed E-state index contributed by atoms with van der Waals surface area (Å²) < 4.78 is 0. The summed E-state index contributed by atoms with van der Waals surface area (Å²) in [6, 6.07) is 10.7. The first-order valence-corrected chi connectivity index (χ1v) is 9.10. The summed E-state index contributed by atoms with van der Waals surface area (Å²) in [5, 5.41) is 6.73. The summed E-state index contributed by atoms with van der Waals surface area (Å²) in [6.45, 7) is 5.40. The monoisotopic (exact) mass is 325 g/mol. The molecule has 0 aliphatic heterocycles. The lowest BCUT2D eigenvalue weighted by Gasteiger charge is -2.17. The molecule has 0 amide bonds. The maximum absolute atomic E-state index is 6.22. The predicted molar refractivity (Wildman–Crippen MR) is 92.3 cm³/mol. The molecule has 0 aliphatic carbocycles. The van der Waals surface area contributed by atoms with Gasteiger partial charge in [-0.25, -0.2) is 0 Å². The van der Waals surface area contributed by atoms with Gasteiger partial charge in [0.1, 0.15) is 0 Å². The molecule has 1 aromatic heterocycles. The number of hydrogen-bond acceptors (Lipinski definition) is 3. The highest BCUT2D eigenvalue weighted by Crippen LogP contribution is 2.31. The first-order valence-electron chi connectivity index (χ1n) is 6.86. The summed E-state index contributed by atoms with van der Waals surface area (Å²) in [6.07, 6.45) is 1.15. The Hall–Kier alpha value is -0.480. The van der Waals surface area contributed by atoms with Gasteiger partial charge in [-0.05, 0) is 49.0 Å². The fourth-order valence-corrected chi connectivity index (χ4v) is 4.07. The van der Waals surface area contributed by atoms with Gasteiger partial charge in [0.25, 0.3) is 0 Å². The van der Waals surface area contributed by atoms with Crippen LogP contribution in [0.15, 0.2) is 40.6 Å². The second-order valence-corrected chi connectivity index (χ2v) is 7.32. The number of benzene rings is 1. The van der Waals surface area contributed by atoms with Gasteiger partial charge in [-0.15, -0.1) is 23.1 Å². The van der Waals surface area contributed by atoms with Crippen molar-refractivity contribution in [1.29, 1.82) is 0 Å². The van der Waals surface area contributed by atoms with Crippen molar-refractivity contribution in [3.8, 4) is 0 Å². The zero-order valence-electron chi connectivity index (χ0n) is 11.9. The first kappa shape index (κ1) is 15.9. The third kappa shape index (κ3) is 4.52. The number of nitrogens with one attached hydrogen (secondary N) is 1. The molecule has 0 radical (unpaired) electrons. The highest BCUT2D eigenvalue weighted by Gasteiger charge is 2.13. The van der Waals surface area contributed by atoms with Gasteiger partial charge in [0.15, 0.2) is 0 Å². The van der Waals surface area contributed by atoms with E-state index in [0.717, 1.165) is 28.6 Å². The molecular formula is C16H20ClNS2. The molecule has 108 valence electrons. The van der Waals surface area contributed by atoms with E-state index in [0.29, 0.717) is 6.04 Å². The lowest BCUT2D eigenvalue weighted by molar-refractivity contribution is 0.579. The average molecular weight is 326 g/mol. The number of aryl methyl sites for hydroxylation is 1. The van der Waals surface area contributed by atoms with Crippen molar-refractivity contribution < 1.29 is 0 Å². The van der Waals surface area contributed by atoms with Crippen molar-refractivity contribution >= 4 is 34.7 Å². The van der Waals surface area contributed by atoms with Gasteiger partial charge in [-0.3, -0.25) is 0 Å². The normalized spacial score (nSPS) is 12.6. The van der Waals surface area contributed by atoms with Crippen LogP contribution in [0.25, 0.3) is 0 Å².